The zero-order valence-corrected chi connectivity index (χ0v) is 11.0. The molecule has 0 saturated carbocycles. The van der Waals surface area contributed by atoms with E-state index in [4.69, 9.17) is 22.1 Å². The highest BCUT2D eigenvalue weighted by atomic mass is 35.5. The molecule has 2 aromatic rings. The topological polar surface area (TPSA) is 61.0 Å². The number of anilines is 1. The normalized spacial score (nSPS) is 10.8. The van der Waals surface area contributed by atoms with Gasteiger partial charge in [0.25, 0.3) is 0 Å². The summed E-state index contributed by atoms with van der Waals surface area (Å²) in [4.78, 5) is 0. The zero-order chi connectivity index (χ0) is 12.4. The molecule has 0 unspecified atom stereocenters. The molecule has 2 rings (SSSR count). The summed E-state index contributed by atoms with van der Waals surface area (Å²) in [5.74, 6) is 0.737. The third-order valence-corrected chi connectivity index (χ3v) is 3.00. The number of nitrogens with two attached hydrogens (primary N) is 1. The Bertz CT molecular complexity index is 527. The molecule has 2 N–H and O–H groups in total. The lowest BCUT2D eigenvalue weighted by molar-refractivity contribution is 0.243. The average molecular weight is 270 g/mol. The fourth-order valence-electron chi connectivity index (χ4n) is 1.37. The third kappa shape index (κ3) is 2.87. The number of ether oxygens (including phenoxy) is 1. The first-order chi connectivity index (χ1) is 8.06. The number of hydrogen-bond acceptors (Lipinski definition) is 5. The van der Waals surface area contributed by atoms with Gasteiger partial charge in [-0.15, -0.1) is 10.2 Å². The van der Waals surface area contributed by atoms with Crippen LogP contribution in [0.4, 0.5) is 5.13 Å². The molecule has 0 atom stereocenters. The number of rotatable bonds is 3. The van der Waals surface area contributed by atoms with Crippen molar-refractivity contribution in [1.82, 2.24) is 10.2 Å². The van der Waals surface area contributed by atoms with Crippen molar-refractivity contribution < 1.29 is 4.74 Å². The van der Waals surface area contributed by atoms with Gasteiger partial charge in [0.1, 0.15) is 5.75 Å². The van der Waals surface area contributed by atoms with Crippen molar-refractivity contribution in [2.45, 2.75) is 20.0 Å². The number of nitrogen functional groups attached to an aromatic ring is 1. The fourth-order valence-corrected chi connectivity index (χ4v) is 2.17. The summed E-state index contributed by atoms with van der Waals surface area (Å²) in [5, 5.41) is 9.56. The SMILES string of the molecule is CC(C)Oc1ccc(Cl)cc1-c1nnc(N)s1. The van der Waals surface area contributed by atoms with Crippen LogP contribution in [0.2, 0.25) is 5.02 Å². The Morgan fingerprint density at radius 2 is 2.12 bits per heavy atom. The van der Waals surface area contributed by atoms with Gasteiger partial charge in [0, 0.05) is 5.02 Å². The number of halogens is 1. The molecular weight excluding hydrogens is 258 g/mol. The van der Waals surface area contributed by atoms with Crippen LogP contribution in [0.5, 0.6) is 5.75 Å². The lowest BCUT2D eigenvalue weighted by Crippen LogP contribution is -2.06. The van der Waals surface area contributed by atoms with Crippen molar-refractivity contribution in [2.24, 2.45) is 0 Å². The second-order valence-electron chi connectivity index (χ2n) is 3.75. The van der Waals surface area contributed by atoms with Crippen molar-refractivity contribution in [2.75, 3.05) is 5.73 Å². The molecule has 0 radical (unpaired) electrons. The Labute approximate surface area is 108 Å². The quantitative estimate of drug-likeness (QED) is 0.929. The van der Waals surface area contributed by atoms with Gasteiger partial charge in [-0.25, -0.2) is 0 Å². The second-order valence-corrected chi connectivity index (χ2v) is 5.20. The molecule has 90 valence electrons. The van der Waals surface area contributed by atoms with E-state index in [0.717, 1.165) is 11.3 Å². The summed E-state index contributed by atoms with van der Waals surface area (Å²) < 4.78 is 5.70. The Kier molecular flexibility index (Phi) is 3.49. The van der Waals surface area contributed by atoms with Crippen LogP contribution in [0.15, 0.2) is 18.2 Å². The summed E-state index contributed by atoms with van der Waals surface area (Å²) in [6.07, 6.45) is 0.0835. The van der Waals surface area contributed by atoms with Crippen molar-refractivity contribution in [3.63, 3.8) is 0 Å². The van der Waals surface area contributed by atoms with Crippen molar-refractivity contribution in [1.29, 1.82) is 0 Å². The Morgan fingerprint density at radius 3 is 2.71 bits per heavy atom. The molecule has 0 fully saturated rings. The summed E-state index contributed by atoms with van der Waals surface area (Å²) in [7, 11) is 0. The van der Waals surface area contributed by atoms with E-state index in [1.807, 2.05) is 19.9 Å². The van der Waals surface area contributed by atoms with Gasteiger partial charge in [-0.1, -0.05) is 22.9 Å². The number of hydrogen-bond donors (Lipinski definition) is 1. The molecule has 0 bridgehead atoms. The maximum atomic E-state index is 5.98. The van der Waals surface area contributed by atoms with Gasteiger partial charge in [-0.05, 0) is 32.0 Å². The van der Waals surface area contributed by atoms with Gasteiger partial charge < -0.3 is 10.5 Å². The lowest BCUT2D eigenvalue weighted by atomic mass is 10.2. The van der Waals surface area contributed by atoms with Gasteiger partial charge in [-0.3, -0.25) is 0 Å². The number of aromatic nitrogens is 2. The molecule has 0 aliphatic carbocycles. The molecule has 1 aromatic heterocycles. The van der Waals surface area contributed by atoms with E-state index in [2.05, 4.69) is 10.2 Å². The van der Waals surface area contributed by atoms with E-state index < -0.39 is 0 Å². The molecule has 6 heteroatoms. The van der Waals surface area contributed by atoms with E-state index in [0.29, 0.717) is 15.2 Å². The van der Waals surface area contributed by atoms with Crippen molar-refractivity contribution in [3.05, 3.63) is 23.2 Å². The Morgan fingerprint density at radius 1 is 1.35 bits per heavy atom. The maximum Gasteiger partial charge on any atom is 0.203 e. The number of benzene rings is 1. The van der Waals surface area contributed by atoms with Crippen LogP contribution < -0.4 is 10.5 Å². The molecule has 1 heterocycles. The highest BCUT2D eigenvalue weighted by Crippen LogP contribution is 2.35. The molecule has 0 amide bonds. The molecule has 0 spiro atoms. The molecule has 0 saturated heterocycles. The third-order valence-electron chi connectivity index (χ3n) is 1.98. The van der Waals surface area contributed by atoms with Crippen LogP contribution >= 0.6 is 22.9 Å². The van der Waals surface area contributed by atoms with Gasteiger partial charge in [0.2, 0.25) is 5.13 Å². The summed E-state index contributed by atoms with van der Waals surface area (Å²) in [6.45, 7) is 3.93. The van der Waals surface area contributed by atoms with Crippen LogP contribution in [0.3, 0.4) is 0 Å². The second kappa shape index (κ2) is 4.89. The summed E-state index contributed by atoms with van der Waals surface area (Å²) in [5.41, 5.74) is 6.40. The summed E-state index contributed by atoms with van der Waals surface area (Å²) >= 11 is 7.29. The van der Waals surface area contributed by atoms with Crippen LogP contribution in [-0.4, -0.2) is 16.3 Å². The first-order valence-electron chi connectivity index (χ1n) is 5.12. The first-order valence-corrected chi connectivity index (χ1v) is 6.31. The molecule has 0 aliphatic rings. The van der Waals surface area contributed by atoms with Crippen molar-refractivity contribution in [3.8, 4) is 16.3 Å². The highest BCUT2D eigenvalue weighted by Gasteiger charge is 2.13. The van der Waals surface area contributed by atoms with Crippen LogP contribution in [0.1, 0.15) is 13.8 Å². The largest absolute Gasteiger partial charge is 0.490 e. The smallest absolute Gasteiger partial charge is 0.203 e. The standard InChI is InChI=1S/C11H12ClN3OS/c1-6(2)16-9-4-3-7(12)5-8(9)10-14-15-11(13)17-10/h3-6H,1-2H3,(H2,13,15). The number of nitrogens with zero attached hydrogens (tertiary/aromatic N) is 2. The van der Waals surface area contributed by atoms with Crippen molar-refractivity contribution >= 4 is 28.1 Å². The van der Waals surface area contributed by atoms with E-state index in [1.165, 1.54) is 11.3 Å². The van der Waals surface area contributed by atoms with Crippen LogP contribution in [0, 0.1) is 0 Å². The Hall–Kier alpha value is -1.33. The average Bonchev–Trinajstić information content (AvgIpc) is 2.67. The van der Waals surface area contributed by atoms with Gasteiger partial charge in [-0.2, -0.15) is 0 Å². The van der Waals surface area contributed by atoms with Crippen LogP contribution in [-0.2, 0) is 0 Å². The van der Waals surface area contributed by atoms with E-state index in [9.17, 15) is 0 Å². The minimum atomic E-state index is 0.0835. The summed E-state index contributed by atoms with van der Waals surface area (Å²) in [6, 6.07) is 5.42. The molecule has 17 heavy (non-hydrogen) atoms. The maximum absolute atomic E-state index is 5.98. The molecule has 0 aliphatic heterocycles. The van der Waals surface area contributed by atoms with Gasteiger partial charge in [0.15, 0.2) is 5.01 Å². The minimum Gasteiger partial charge on any atom is -0.490 e. The van der Waals surface area contributed by atoms with Crippen LogP contribution in [0.25, 0.3) is 10.6 Å². The highest BCUT2D eigenvalue weighted by molar-refractivity contribution is 7.18. The lowest BCUT2D eigenvalue weighted by Gasteiger charge is -2.12. The Balaban J connectivity index is 2.46. The first kappa shape index (κ1) is 12.1. The monoisotopic (exact) mass is 269 g/mol. The van der Waals surface area contributed by atoms with Gasteiger partial charge >= 0.3 is 0 Å². The molecular formula is C11H12ClN3OS. The molecule has 4 nitrogen and oxygen atoms in total. The fraction of sp³-hybridized carbons (Fsp3) is 0.273. The van der Waals surface area contributed by atoms with E-state index in [1.54, 1.807) is 12.1 Å². The predicted octanol–water partition coefficient (Wildman–Crippen LogP) is 3.23. The van der Waals surface area contributed by atoms with E-state index in [-0.39, 0.29) is 6.10 Å². The minimum absolute atomic E-state index is 0.0835. The zero-order valence-electron chi connectivity index (χ0n) is 9.48. The van der Waals surface area contributed by atoms with E-state index >= 15 is 0 Å². The van der Waals surface area contributed by atoms with Gasteiger partial charge in [0.05, 0.1) is 11.7 Å². The molecule has 1 aromatic carbocycles. The predicted molar refractivity (Wildman–Crippen MR) is 70.5 cm³/mol.